The van der Waals surface area contributed by atoms with Crippen molar-refractivity contribution in [2.75, 3.05) is 16.6 Å². The highest BCUT2D eigenvalue weighted by atomic mass is 32.2. The van der Waals surface area contributed by atoms with Gasteiger partial charge in [-0.05, 0) is 79.4 Å². The first-order chi connectivity index (χ1) is 16.2. The third kappa shape index (κ3) is 4.03. The van der Waals surface area contributed by atoms with E-state index in [1.54, 1.807) is 36.4 Å². The molecule has 0 bridgehead atoms. The first-order valence-corrected chi connectivity index (χ1v) is 12.7. The zero-order valence-electron chi connectivity index (χ0n) is 18.9. The number of aromatic carboxylic acids is 1. The predicted octanol–water partition coefficient (Wildman–Crippen LogP) is 5.05. The maximum Gasteiger partial charge on any atom is 0.335 e. The molecule has 7 nitrogen and oxygen atoms in total. The van der Waals surface area contributed by atoms with Gasteiger partial charge in [0, 0.05) is 29.5 Å². The maximum atomic E-state index is 13.1. The van der Waals surface area contributed by atoms with Gasteiger partial charge in [0.1, 0.15) is 0 Å². The van der Waals surface area contributed by atoms with Crippen LogP contribution in [0.1, 0.15) is 51.2 Å². The molecule has 34 heavy (non-hydrogen) atoms. The van der Waals surface area contributed by atoms with Gasteiger partial charge in [0.15, 0.2) is 0 Å². The van der Waals surface area contributed by atoms with Crippen LogP contribution in [0.2, 0.25) is 0 Å². The first-order valence-electron chi connectivity index (χ1n) is 11.2. The number of carbonyl (C=O) groups is 1. The number of fused-ring (bicyclic) bond motifs is 3. The lowest BCUT2D eigenvalue weighted by molar-refractivity contribution is 0.0696. The van der Waals surface area contributed by atoms with Crippen molar-refractivity contribution in [3.05, 3.63) is 88.5 Å². The van der Waals surface area contributed by atoms with E-state index in [1.807, 2.05) is 38.1 Å². The summed E-state index contributed by atoms with van der Waals surface area (Å²) in [4.78, 5) is 11.4. The van der Waals surface area contributed by atoms with Gasteiger partial charge in [-0.25, -0.2) is 13.2 Å². The van der Waals surface area contributed by atoms with E-state index in [2.05, 4.69) is 10.0 Å². The minimum atomic E-state index is -3.77. The molecule has 1 unspecified atom stereocenters. The molecular weight excluding hydrogens is 452 g/mol. The van der Waals surface area contributed by atoms with Gasteiger partial charge in [0.05, 0.1) is 22.6 Å². The largest absolute Gasteiger partial charge is 0.478 e. The molecule has 0 aliphatic carbocycles. The van der Waals surface area contributed by atoms with Crippen LogP contribution in [0, 0.1) is 19.8 Å². The fourth-order valence-electron chi connectivity index (χ4n) is 4.80. The summed E-state index contributed by atoms with van der Waals surface area (Å²) >= 11 is 0. The molecule has 3 aromatic carbocycles. The van der Waals surface area contributed by atoms with Crippen LogP contribution in [0.5, 0.6) is 0 Å². The number of carboxylic acid groups (broad SMARTS) is 1. The first kappa shape index (κ1) is 22.4. The van der Waals surface area contributed by atoms with E-state index < -0.39 is 16.0 Å². The molecular formula is C26H26N2O5S. The quantitative estimate of drug-likeness (QED) is 0.474. The molecule has 2 aliphatic rings. The van der Waals surface area contributed by atoms with Crippen LogP contribution in [0.15, 0.2) is 65.6 Å². The Morgan fingerprint density at radius 3 is 2.50 bits per heavy atom. The maximum absolute atomic E-state index is 13.1. The van der Waals surface area contributed by atoms with Gasteiger partial charge in [0.25, 0.3) is 10.0 Å². The Bertz CT molecular complexity index is 1370. The molecule has 3 N–H and O–H groups in total. The summed E-state index contributed by atoms with van der Waals surface area (Å²) in [5.41, 5.74) is 5.50. The summed E-state index contributed by atoms with van der Waals surface area (Å²) in [7, 11) is -3.77. The predicted molar refractivity (Wildman–Crippen MR) is 130 cm³/mol. The number of aryl methyl sites for hydroxylation is 2. The van der Waals surface area contributed by atoms with Crippen molar-refractivity contribution in [3.63, 3.8) is 0 Å². The molecule has 1 saturated heterocycles. The van der Waals surface area contributed by atoms with Crippen LogP contribution in [0.4, 0.5) is 11.4 Å². The van der Waals surface area contributed by atoms with Gasteiger partial charge in [0.2, 0.25) is 0 Å². The van der Waals surface area contributed by atoms with Crippen LogP contribution in [0.3, 0.4) is 0 Å². The molecule has 1 fully saturated rings. The number of benzene rings is 3. The van der Waals surface area contributed by atoms with Gasteiger partial charge in [-0.2, -0.15) is 0 Å². The number of hydrogen-bond donors (Lipinski definition) is 3. The number of nitrogens with one attached hydrogen (secondary N) is 2. The number of anilines is 2. The van der Waals surface area contributed by atoms with Crippen molar-refractivity contribution >= 4 is 27.4 Å². The topological polar surface area (TPSA) is 105 Å². The number of hydrogen-bond acceptors (Lipinski definition) is 5. The average molecular weight is 479 g/mol. The Balaban J connectivity index is 1.45. The minimum Gasteiger partial charge on any atom is -0.478 e. The third-order valence-corrected chi connectivity index (χ3v) is 8.17. The van der Waals surface area contributed by atoms with E-state index in [0.29, 0.717) is 12.3 Å². The SMILES string of the molecule is Cc1ccc(NS(=O)(=O)c2ccc3c(c2)[C@H]2OCC[C@H]2C(c2ccc(C(=O)O)cc2)N3)cc1C. The van der Waals surface area contributed by atoms with Crippen molar-refractivity contribution < 1.29 is 23.1 Å². The molecule has 5 rings (SSSR count). The van der Waals surface area contributed by atoms with Gasteiger partial charge < -0.3 is 15.2 Å². The van der Waals surface area contributed by atoms with Crippen molar-refractivity contribution in [1.82, 2.24) is 0 Å². The lowest BCUT2D eigenvalue weighted by Crippen LogP contribution is -2.29. The summed E-state index contributed by atoms with van der Waals surface area (Å²) in [6.07, 6.45) is 0.581. The Kier molecular flexibility index (Phi) is 5.58. The fraction of sp³-hybridized carbons (Fsp3) is 0.269. The number of rotatable bonds is 5. The average Bonchev–Trinajstić information content (AvgIpc) is 3.31. The normalized spacial score (nSPS) is 21.3. The molecule has 0 amide bonds. The van der Waals surface area contributed by atoms with Crippen molar-refractivity contribution in [1.29, 1.82) is 0 Å². The van der Waals surface area contributed by atoms with E-state index in [4.69, 9.17) is 4.74 Å². The van der Waals surface area contributed by atoms with Crippen LogP contribution in [0.25, 0.3) is 0 Å². The van der Waals surface area contributed by atoms with Crippen molar-refractivity contribution in [2.24, 2.45) is 5.92 Å². The zero-order valence-corrected chi connectivity index (χ0v) is 19.7. The second kappa shape index (κ2) is 8.45. The van der Waals surface area contributed by atoms with Gasteiger partial charge in [-0.3, -0.25) is 4.72 Å². The monoisotopic (exact) mass is 478 g/mol. The highest BCUT2D eigenvalue weighted by Crippen LogP contribution is 2.50. The molecule has 176 valence electrons. The zero-order chi connectivity index (χ0) is 24.0. The molecule has 2 heterocycles. The van der Waals surface area contributed by atoms with Gasteiger partial charge in [-0.1, -0.05) is 18.2 Å². The highest BCUT2D eigenvalue weighted by molar-refractivity contribution is 7.92. The lowest BCUT2D eigenvalue weighted by Gasteiger charge is -2.36. The number of ether oxygens (including phenoxy) is 1. The second-order valence-electron chi connectivity index (χ2n) is 8.95. The smallest absolute Gasteiger partial charge is 0.335 e. The standard InChI is InChI=1S/C26H26N2O5S/c1-15-3-8-19(13-16(15)2)28-34(31,32)20-9-10-23-22(14-20)25-21(11-12-33-25)24(27-23)17-4-6-18(7-5-17)26(29)30/h3-10,13-14,21,24-25,27-28H,11-12H2,1-2H3,(H,29,30)/t21-,24?,25-/m0/s1. The summed E-state index contributed by atoms with van der Waals surface area (Å²) in [5.74, 6) is -0.854. The summed E-state index contributed by atoms with van der Waals surface area (Å²) in [6.45, 7) is 4.51. The Labute approximate surface area is 198 Å². The van der Waals surface area contributed by atoms with Gasteiger partial charge >= 0.3 is 5.97 Å². The van der Waals surface area contributed by atoms with E-state index in [-0.39, 0.29) is 28.5 Å². The molecule has 3 atom stereocenters. The molecule has 8 heteroatoms. The molecule has 3 aromatic rings. The molecule has 2 aliphatic heterocycles. The lowest BCUT2D eigenvalue weighted by atomic mass is 9.81. The van der Waals surface area contributed by atoms with Crippen LogP contribution >= 0.6 is 0 Å². The molecule has 0 radical (unpaired) electrons. The molecule has 0 aromatic heterocycles. The minimum absolute atomic E-state index is 0.0565. The van der Waals surface area contributed by atoms with Crippen LogP contribution < -0.4 is 10.0 Å². The van der Waals surface area contributed by atoms with E-state index in [9.17, 15) is 18.3 Å². The summed E-state index contributed by atoms with van der Waals surface area (Å²) in [5, 5.41) is 12.7. The van der Waals surface area contributed by atoms with Crippen molar-refractivity contribution in [2.45, 2.75) is 37.3 Å². The molecule has 0 spiro atoms. The molecule has 0 saturated carbocycles. The fourth-order valence-corrected chi connectivity index (χ4v) is 5.88. The van der Waals surface area contributed by atoms with Crippen LogP contribution in [-0.2, 0) is 14.8 Å². The third-order valence-electron chi connectivity index (χ3n) is 6.79. The van der Waals surface area contributed by atoms with Crippen molar-refractivity contribution in [3.8, 4) is 0 Å². The highest BCUT2D eigenvalue weighted by Gasteiger charge is 2.42. The second-order valence-corrected chi connectivity index (χ2v) is 10.6. The van der Waals surface area contributed by atoms with Crippen LogP contribution in [-0.4, -0.2) is 26.1 Å². The van der Waals surface area contributed by atoms with Gasteiger partial charge in [-0.15, -0.1) is 0 Å². The van der Waals surface area contributed by atoms with E-state index in [1.165, 1.54) is 0 Å². The number of carboxylic acids is 1. The summed E-state index contributed by atoms with van der Waals surface area (Å²) in [6, 6.07) is 17.3. The van der Waals surface area contributed by atoms with E-state index in [0.717, 1.165) is 34.4 Å². The van der Waals surface area contributed by atoms with E-state index >= 15 is 0 Å². The summed E-state index contributed by atoms with van der Waals surface area (Å²) < 4.78 is 35.0. The number of sulfonamides is 1. The Morgan fingerprint density at radius 1 is 1.03 bits per heavy atom. The Morgan fingerprint density at radius 2 is 1.79 bits per heavy atom. The Hall–Kier alpha value is -3.36.